The van der Waals surface area contributed by atoms with Crippen molar-refractivity contribution in [3.8, 4) is 0 Å². The second kappa shape index (κ2) is 6.11. The lowest BCUT2D eigenvalue weighted by Gasteiger charge is -2.17. The number of hydrogen-bond donors (Lipinski definition) is 1. The standard InChI is InChI=1S/C14H21N5OS/c1-3-5-13-15-16-14(21-13)18-6-4-7-19-11(9-18)8-12(17-19)10(2)20/h8,10,20H,3-7,9H2,1-2H3/t10-/m1/s1. The van der Waals surface area contributed by atoms with Gasteiger partial charge in [0.2, 0.25) is 5.13 Å². The average Bonchev–Trinajstić information content (AvgIpc) is 3.02. The molecule has 0 spiro atoms. The first-order valence-electron chi connectivity index (χ1n) is 7.49. The zero-order chi connectivity index (χ0) is 14.8. The van der Waals surface area contributed by atoms with Gasteiger partial charge in [-0.3, -0.25) is 4.68 Å². The van der Waals surface area contributed by atoms with E-state index in [1.807, 2.05) is 10.7 Å². The molecule has 3 heterocycles. The minimum Gasteiger partial charge on any atom is -0.387 e. The molecule has 21 heavy (non-hydrogen) atoms. The molecular weight excluding hydrogens is 286 g/mol. The first kappa shape index (κ1) is 14.5. The molecule has 0 amide bonds. The molecule has 0 bridgehead atoms. The number of aryl methyl sites for hydroxylation is 2. The Morgan fingerprint density at radius 2 is 2.24 bits per heavy atom. The molecule has 0 radical (unpaired) electrons. The second-order valence-electron chi connectivity index (χ2n) is 5.46. The molecule has 1 atom stereocenters. The van der Waals surface area contributed by atoms with Crippen LogP contribution in [-0.4, -0.2) is 31.6 Å². The van der Waals surface area contributed by atoms with Gasteiger partial charge in [-0.1, -0.05) is 18.3 Å². The zero-order valence-electron chi connectivity index (χ0n) is 12.5. The molecule has 0 fully saturated rings. The normalized spacial score (nSPS) is 16.6. The van der Waals surface area contributed by atoms with Crippen molar-refractivity contribution in [3.63, 3.8) is 0 Å². The van der Waals surface area contributed by atoms with Gasteiger partial charge in [-0.05, 0) is 25.8 Å². The molecule has 7 heteroatoms. The third-order valence-corrected chi connectivity index (χ3v) is 4.70. The maximum absolute atomic E-state index is 9.68. The number of aliphatic hydroxyl groups is 1. The summed E-state index contributed by atoms with van der Waals surface area (Å²) in [4.78, 5) is 2.27. The summed E-state index contributed by atoms with van der Waals surface area (Å²) in [5.74, 6) is 0. The Morgan fingerprint density at radius 3 is 3.00 bits per heavy atom. The van der Waals surface area contributed by atoms with Gasteiger partial charge in [-0.25, -0.2) is 0 Å². The van der Waals surface area contributed by atoms with Crippen LogP contribution in [0.15, 0.2) is 6.07 Å². The third-order valence-electron chi connectivity index (χ3n) is 3.65. The number of hydrogen-bond acceptors (Lipinski definition) is 6. The van der Waals surface area contributed by atoms with E-state index in [0.717, 1.165) is 60.4 Å². The maximum Gasteiger partial charge on any atom is 0.208 e. The zero-order valence-corrected chi connectivity index (χ0v) is 13.3. The maximum atomic E-state index is 9.68. The quantitative estimate of drug-likeness (QED) is 0.937. The number of aliphatic hydroxyl groups excluding tert-OH is 1. The average molecular weight is 307 g/mol. The summed E-state index contributed by atoms with van der Waals surface area (Å²) in [7, 11) is 0. The summed E-state index contributed by atoms with van der Waals surface area (Å²) in [6.45, 7) is 6.54. The van der Waals surface area contributed by atoms with Crippen LogP contribution in [0.3, 0.4) is 0 Å². The van der Waals surface area contributed by atoms with Gasteiger partial charge in [0.1, 0.15) is 5.01 Å². The Kier molecular flexibility index (Phi) is 4.21. The van der Waals surface area contributed by atoms with Crippen molar-refractivity contribution in [1.29, 1.82) is 0 Å². The van der Waals surface area contributed by atoms with Gasteiger partial charge in [-0.15, -0.1) is 10.2 Å². The van der Waals surface area contributed by atoms with Crippen LogP contribution >= 0.6 is 11.3 Å². The first-order valence-corrected chi connectivity index (χ1v) is 8.31. The van der Waals surface area contributed by atoms with Crippen LogP contribution in [0.2, 0.25) is 0 Å². The Balaban J connectivity index is 1.80. The molecule has 0 saturated carbocycles. The van der Waals surface area contributed by atoms with Crippen molar-refractivity contribution in [2.75, 3.05) is 11.4 Å². The molecule has 6 nitrogen and oxygen atoms in total. The summed E-state index contributed by atoms with van der Waals surface area (Å²) in [5, 5.41) is 24.9. The molecule has 1 aliphatic heterocycles. The molecule has 1 N–H and O–H groups in total. The van der Waals surface area contributed by atoms with E-state index in [9.17, 15) is 5.11 Å². The predicted octanol–water partition coefficient (Wildman–Crippen LogP) is 2.15. The van der Waals surface area contributed by atoms with Gasteiger partial charge in [0.15, 0.2) is 0 Å². The summed E-state index contributed by atoms with van der Waals surface area (Å²) in [5.41, 5.74) is 1.88. The molecule has 1 aliphatic rings. The summed E-state index contributed by atoms with van der Waals surface area (Å²) >= 11 is 1.69. The van der Waals surface area contributed by atoms with E-state index < -0.39 is 6.10 Å². The third kappa shape index (κ3) is 3.08. The number of anilines is 1. The van der Waals surface area contributed by atoms with Crippen molar-refractivity contribution in [2.24, 2.45) is 0 Å². The number of rotatable bonds is 4. The lowest BCUT2D eigenvalue weighted by Crippen LogP contribution is -2.22. The highest BCUT2D eigenvalue weighted by Gasteiger charge is 2.20. The van der Waals surface area contributed by atoms with Crippen molar-refractivity contribution in [2.45, 2.75) is 52.3 Å². The van der Waals surface area contributed by atoms with Crippen molar-refractivity contribution < 1.29 is 5.11 Å². The van der Waals surface area contributed by atoms with E-state index in [-0.39, 0.29) is 0 Å². The van der Waals surface area contributed by atoms with Crippen molar-refractivity contribution >= 4 is 16.5 Å². The highest BCUT2D eigenvalue weighted by Crippen LogP contribution is 2.26. The Morgan fingerprint density at radius 1 is 1.38 bits per heavy atom. The van der Waals surface area contributed by atoms with Crippen LogP contribution in [0.25, 0.3) is 0 Å². The van der Waals surface area contributed by atoms with Gasteiger partial charge >= 0.3 is 0 Å². The molecule has 2 aromatic heterocycles. The SMILES string of the molecule is CCCc1nnc(N2CCCn3nc([C@@H](C)O)cc3C2)s1. The van der Waals surface area contributed by atoms with Crippen molar-refractivity contribution in [1.82, 2.24) is 20.0 Å². The largest absolute Gasteiger partial charge is 0.387 e. The Bertz CT molecular complexity index is 606. The lowest BCUT2D eigenvalue weighted by molar-refractivity contribution is 0.193. The van der Waals surface area contributed by atoms with E-state index in [1.165, 1.54) is 0 Å². The fraction of sp³-hybridized carbons (Fsp3) is 0.643. The van der Waals surface area contributed by atoms with Crippen LogP contribution in [-0.2, 0) is 19.5 Å². The summed E-state index contributed by atoms with van der Waals surface area (Å²) < 4.78 is 2.01. The van der Waals surface area contributed by atoms with Crippen LogP contribution in [0.5, 0.6) is 0 Å². The van der Waals surface area contributed by atoms with Crippen LogP contribution < -0.4 is 4.90 Å². The lowest BCUT2D eigenvalue weighted by atomic mass is 10.2. The van der Waals surface area contributed by atoms with Crippen LogP contribution in [0.1, 0.15) is 49.2 Å². The van der Waals surface area contributed by atoms with Crippen LogP contribution in [0, 0.1) is 0 Å². The molecule has 2 aromatic rings. The minimum absolute atomic E-state index is 0.518. The molecule has 0 aliphatic carbocycles. The molecular formula is C14H21N5OS. The second-order valence-corrected chi connectivity index (χ2v) is 6.50. The number of fused-ring (bicyclic) bond motifs is 1. The number of nitrogens with zero attached hydrogens (tertiary/aromatic N) is 5. The van der Waals surface area contributed by atoms with Gasteiger partial charge in [-0.2, -0.15) is 5.10 Å². The Labute approximate surface area is 128 Å². The summed E-state index contributed by atoms with van der Waals surface area (Å²) in [6.07, 6.45) is 2.60. The Hall–Kier alpha value is -1.47. The molecule has 0 saturated heterocycles. The smallest absolute Gasteiger partial charge is 0.208 e. The van der Waals surface area contributed by atoms with E-state index in [4.69, 9.17) is 0 Å². The van der Waals surface area contributed by atoms with Gasteiger partial charge in [0.05, 0.1) is 24.0 Å². The summed E-state index contributed by atoms with van der Waals surface area (Å²) in [6, 6.07) is 2.00. The van der Waals surface area contributed by atoms with E-state index in [1.54, 1.807) is 18.3 Å². The number of aromatic nitrogens is 4. The highest BCUT2D eigenvalue weighted by atomic mass is 32.1. The highest BCUT2D eigenvalue weighted by molar-refractivity contribution is 7.15. The predicted molar refractivity (Wildman–Crippen MR) is 82.4 cm³/mol. The molecule has 3 rings (SSSR count). The molecule has 0 aromatic carbocycles. The fourth-order valence-corrected chi connectivity index (χ4v) is 3.50. The minimum atomic E-state index is -0.518. The van der Waals surface area contributed by atoms with Gasteiger partial charge in [0, 0.05) is 19.5 Å². The fourth-order valence-electron chi connectivity index (χ4n) is 2.54. The van der Waals surface area contributed by atoms with E-state index in [0.29, 0.717) is 0 Å². The topological polar surface area (TPSA) is 67.1 Å². The van der Waals surface area contributed by atoms with Crippen molar-refractivity contribution in [3.05, 3.63) is 22.5 Å². The first-order chi connectivity index (χ1) is 10.2. The molecule has 114 valence electrons. The van der Waals surface area contributed by atoms with Gasteiger partial charge < -0.3 is 10.0 Å². The van der Waals surface area contributed by atoms with E-state index >= 15 is 0 Å². The molecule has 0 unspecified atom stereocenters. The monoisotopic (exact) mass is 307 g/mol. The van der Waals surface area contributed by atoms with E-state index in [2.05, 4.69) is 27.1 Å². The van der Waals surface area contributed by atoms with Gasteiger partial charge in [0.25, 0.3) is 0 Å². The van der Waals surface area contributed by atoms with Crippen LogP contribution in [0.4, 0.5) is 5.13 Å².